The Morgan fingerprint density at radius 1 is 1.50 bits per heavy atom. The summed E-state index contributed by atoms with van der Waals surface area (Å²) in [7, 11) is 1.41. The maximum atomic E-state index is 11.8. The van der Waals surface area contributed by atoms with E-state index in [0.717, 1.165) is 0 Å². The Hall–Kier alpha value is -1.59. The third-order valence-corrected chi connectivity index (χ3v) is 3.25. The van der Waals surface area contributed by atoms with Crippen LogP contribution in [0.15, 0.2) is 6.07 Å². The number of hydrogen-bond acceptors (Lipinski definition) is 5. The first-order valence-electron chi connectivity index (χ1n) is 5.80. The molecule has 3 N–H and O–H groups in total. The Morgan fingerprint density at radius 3 is 2.72 bits per heavy atom. The predicted molar refractivity (Wildman–Crippen MR) is 63.8 cm³/mol. The summed E-state index contributed by atoms with van der Waals surface area (Å²) in [5, 5.41) is 29.7. The number of ketones is 1. The summed E-state index contributed by atoms with van der Waals surface area (Å²) in [5.74, 6) is -0.240. The summed E-state index contributed by atoms with van der Waals surface area (Å²) in [6.07, 6.45) is -1.23. The lowest BCUT2D eigenvalue weighted by atomic mass is 9.85. The molecule has 0 bridgehead atoms. The Morgan fingerprint density at radius 2 is 2.17 bits per heavy atom. The lowest BCUT2D eigenvalue weighted by molar-refractivity contribution is 0.0890. The minimum Gasteiger partial charge on any atom is -0.507 e. The molecule has 0 aliphatic heterocycles. The van der Waals surface area contributed by atoms with E-state index < -0.39 is 12.2 Å². The first-order chi connectivity index (χ1) is 8.47. The number of phenolic OH excluding ortho intramolecular Hbond substituents is 1. The SMILES string of the molecule is COc1cc2c(c(O)c1[C@@H](C)O)C(=O)CC[C@H]2O. The topological polar surface area (TPSA) is 87.0 Å². The van der Waals surface area contributed by atoms with Gasteiger partial charge in [0.15, 0.2) is 5.78 Å². The zero-order valence-corrected chi connectivity index (χ0v) is 10.3. The zero-order chi connectivity index (χ0) is 13.4. The highest BCUT2D eigenvalue weighted by Gasteiger charge is 2.31. The van der Waals surface area contributed by atoms with Gasteiger partial charge >= 0.3 is 0 Å². The summed E-state index contributed by atoms with van der Waals surface area (Å²) < 4.78 is 5.09. The molecule has 0 saturated heterocycles. The van der Waals surface area contributed by atoms with Gasteiger partial charge in [0.25, 0.3) is 0 Å². The van der Waals surface area contributed by atoms with Gasteiger partial charge in [-0.25, -0.2) is 0 Å². The summed E-state index contributed by atoms with van der Waals surface area (Å²) in [5.41, 5.74) is 0.647. The van der Waals surface area contributed by atoms with Crippen LogP contribution in [0.5, 0.6) is 11.5 Å². The Balaban J connectivity index is 2.73. The number of carbonyl (C=O) groups excluding carboxylic acids is 1. The number of methoxy groups -OCH3 is 1. The number of benzene rings is 1. The molecule has 0 radical (unpaired) electrons. The predicted octanol–water partition coefficient (Wildman–Crippen LogP) is 1.46. The van der Waals surface area contributed by atoms with Gasteiger partial charge in [0.2, 0.25) is 0 Å². The standard InChI is InChI=1S/C13H16O5/c1-6(14)11-10(18-2)5-7-8(15)3-4-9(16)12(7)13(11)17/h5-6,8,14-15,17H,3-4H2,1-2H3/t6-,8-/m1/s1. The summed E-state index contributed by atoms with van der Waals surface area (Å²) >= 11 is 0. The highest BCUT2D eigenvalue weighted by molar-refractivity contribution is 6.02. The molecule has 2 atom stereocenters. The number of aromatic hydroxyl groups is 1. The molecule has 1 aromatic rings. The van der Waals surface area contributed by atoms with E-state index in [9.17, 15) is 20.1 Å². The van der Waals surface area contributed by atoms with Crippen LogP contribution in [-0.2, 0) is 0 Å². The van der Waals surface area contributed by atoms with Crippen LogP contribution >= 0.6 is 0 Å². The van der Waals surface area contributed by atoms with E-state index in [2.05, 4.69) is 0 Å². The summed E-state index contributed by atoms with van der Waals surface area (Å²) in [4.78, 5) is 11.8. The molecular weight excluding hydrogens is 236 g/mol. The molecule has 18 heavy (non-hydrogen) atoms. The van der Waals surface area contributed by atoms with Crippen LogP contribution in [0.2, 0.25) is 0 Å². The normalized spacial score (nSPS) is 20.4. The molecule has 0 fully saturated rings. The van der Waals surface area contributed by atoms with E-state index in [1.165, 1.54) is 20.1 Å². The van der Waals surface area contributed by atoms with Gasteiger partial charge in [0, 0.05) is 6.42 Å². The quantitative estimate of drug-likeness (QED) is 0.741. The van der Waals surface area contributed by atoms with Gasteiger partial charge < -0.3 is 20.1 Å². The van der Waals surface area contributed by atoms with E-state index in [1.54, 1.807) is 0 Å². The van der Waals surface area contributed by atoms with Gasteiger partial charge in [0.1, 0.15) is 11.5 Å². The van der Waals surface area contributed by atoms with Crippen LogP contribution in [0.25, 0.3) is 0 Å². The number of hydrogen-bond donors (Lipinski definition) is 3. The lowest BCUT2D eigenvalue weighted by Gasteiger charge is -2.24. The largest absolute Gasteiger partial charge is 0.507 e. The summed E-state index contributed by atoms with van der Waals surface area (Å²) in [6.45, 7) is 1.48. The number of carbonyl (C=O) groups is 1. The molecule has 1 aliphatic carbocycles. The number of phenols is 1. The molecule has 0 spiro atoms. The van der Waals surface area contributed by atoms with Crippen LogP contribution in [0.3, 0.4) is 0 Å². The monoisotopic (exact) mass is 252 g/mol. The van der Waals surface area contributed by atoms with Crippen molar-refractivity contribution in [3.63, 3.8) is 0 Å². The number of rotatable bonds is 2. The van der Waals surface area contributed by atoms with Gasteiger partial charge in [-0.3, -0.25) is 4.79 Å². The van der Waals surface area contributed by atoms with E-state index in [0.29, 0.717) is 12.0 Å². The second-order valence-electron chi connectivity index (χ2n) is 4.46. The molecule has 1 aliphatic rings. The van der Waals surface area contributed by atoms with Crippen molar-refractivity contribution < 1.29 is 24.9 Å². The number of ether oxygens (including phenoxy) is 1. The van der Waals surface area contributed by atoms with Crippen molar-refractivity contribution in [2.45, 2.75) is 32.0 Å². The second-order valence-corrected chi connectivity index (χ2v) is 4.46. The van der Waals surface area contributed by atoms with Crippen LogP contribution in [0.1, 0.15) is 53.5 Å². The molecule has 5 heteroatoms. The maximum absolute atomic E-state index is 11.8. The number of Topliss-reactive ketones (excluding diaryl/α,β-unsaturated/α-hetero) is 1. The van der Waals surface area contributed by atoms with E-state index in [1.807, 2.05) is 0 Å². The second kappa shape index (κ2) is 4.59. The highest BCUT2D eigenvalue weighted by Crippen LogP contribution is 2.43. The van der Waals surface area contributed by atoms with E-state index in [-0.39, 0.29) is 34.8 Å². The molecule has 0 unspecified atom stereocenters. The first kappa shape index (κ1) is 12.9. The molecular formula is C13H16O5. The van der Waals surface area contributed by atoms with Crippen LogP contribution < -0.4 is 4.74 Å². The molecule has 0 saturated carbocycles. The Kier molecular flexibility index (Phi) is 3.28. The van der Waals surface area contributed by atoms with Crippen molar-refractivity contribution in [1.29, 1.82) is 0 Å². The fourth-order valence-electron chi connectivity index (χ4n) is 2.36. The van der Waals surface area contributed by atoms with Gasteiger partial charge in [-0.05, 0) is 25.0 Å². The average Bonchev–Trinajstić information content (AvgIpc) is 2.32. The van der Waals surface area contributed by atoms with Gasteiger partial charge in [-0.15, -0.1) is 0 Å². The first-order valence-corrected chi connectivity index (χ1v) is 5.80. The molecule has 0 amide bonds. The fourth-order valence-corrected chi connectivity index (χ4v) is 2.36. The molecule has 98 valence electrons. The van der Waals surface area contributed by atoms with Gasteiger partial charge in [-0.1, -0.05) is 0 Å². The molecule has 1 aromatic carbocycles. The van der Waals surface area contributed by atoms with E-state index >= 15 is 0 Å². The van der Waals surface area contributed by atoms with Crippen LogP contribution in [-0.4, -0.2) is 28.2 Å². The van der Waals surface area contributed by atoms with Crippen LogP contribution in [0.4, 0.5) is 0 Å². The lowest BCUT2D eigenvalue weighted by Crippen LogP contribution is -2.17. The van der Waals surface area contributed by atoms with Crippen molar-refractivity contribution in [2.75, 3.05) is 7.11 Å². The molecule has 0 aromatic heterocycles. The van der Waals surface area contributed by atoms with Crippen molar-refractivity contribution in [2.24, 2.45) is 0 Å². The van der Waals surface area contributed by atoms with Crippen molar-refractivity contribution in [3.8, 4) is 11.5 Å². The van der Waals surface area contributed by atoms with Crippen molar-refractivity contribution in [3.05, 3.63) is 22.8 Å². The third-order valence-electron chi connectivity index (χ3n) is 3.25. The average molecular weight is 252 g/mol. The molecule has 0 heterocycles. The van der Waals surface area contributed by atoms with Crippen molar-refractivity contribution >= 4 is 5.78 Å². The number of aliphatic hydroxyl groups is 2. The zero-order valence-electron chi connectivity index (χ0n) is 10.3. The molecule has 5 nitrogen and oxygen atoms in total. The Labute approximate surface area is 105 Å². The Bertz CT molecular complexity index is 493. The van der Waals surface area contributed by atoms with Crippen molar-refractivity contribution in [1.82, 2.24) is 0 Å². The minimum absolute atomic E-state index is 0.102. The number of fused-ring (bicyclic) bond motifs is 1. The summed E-state index contributed by atoms with van der Waals surface area (Å²) in [6, 6.07) is 1.51. The third kappa shape index (κ3) is 1.85. The van der Waals surface area contributed by atoms with Gasteiger partial charge in [-0.2, -0.15) is 0 Å². The minimum atomic E-state index is -0.961. The van der Waals surface area contributed by atoms with Gasteiger partial charge in [0.05, 0.1) is 30.4 Å². The highest BCUT2D eigenvalue weighted by atomic mass is 16.5. The maximum Gasteiger partial charge on any atom is 0.167 e. The van der Waals surface area contributed by atoms with Crippen LogP contribution in [0, 0.1) is 0 Å². The van der Waals surface area contributed by atoms with E-state index in [4.69, 9.17) is 4.74 Å². The fraction of sp³-hybridized carbons (Fsp3) is 0.462. The molecule has 2 rings (SSSR count). The smallest absolute Gasteiger partial charge is 0.167 e. The number of aliphatic hydroxyl groups excluding tert-OH is 2.